The number of hydrogen-bond acceptors (Lipinski definition) is 5. The molecule has 7 nitrogen and oxygen atoms in total. The lowest BCUT2D eigenvalue weighted by atomic mass is 10.2. The van der Waals surface area contributed by atoms with Crippen molar-refractivity contribution in [3.05, 3.63) is 59.8 Å². The van der Waals surface area contributed by atoms with E-state index in [1.165, 1.54) is 0 Å². The summed E-state index contributed by atoms with van der Waals surface area (Å²) in [4.78, 5) is 25.0. The lowest BCUT2D eigenvalue weighted by molar-refractivity contribution is 0.0996. The van der Waals surface area contributed by atoms with Gasteiger partial charge in [0.05, 0.1) is 41.9 Å². The fourth-order valence-electron chi connectivity index (χ4n) is 3.79. The first-order valence-electron chi connectivity index (χ1n) is 9.26. The van der Waals surface area contributed by atoms with Crippen LogP contribution in [0.15, 0.2) is 43.0 Å². The molecule has 3 aromatic rings. The van der Waals surface area contributed by atoms with Gasteiger partial charge in [0, 0.05) is 25.1 Å². The van der Waals surface area contributed by atoms with E-state index in [1.807, 2.05) is 30.0 Å². The molecule has 142 valence electrons. The average Bonchev–Trinajstić information content (AvgIpc) is 3.39. The number of fused-ring (bicyclic) bond motifs is 1. The molecule has 0 spiro atoms. The predicted octanol–water partition coefficient (Wildman–Crippen LogP) is 2.68. The van der Waals surface area contributed by atoms with Crippen LogP contribution in [0.1, 0.15) is 28.0 Å². The molecule has 1 fully saturated rings. The van der Waals surface area contributed by atoms with Crippen LogP contribution in [0.4, 0.5) is 15.9 Å². The number of aryl methyl sites for hydroxylation is 1. The fraction of sp³-hybridized carbons (Fsp3) is 0.300. The Labute approximate surface area is 161 Å². The minimum absolute atomic E-state index is 0.0637. The number of anilines is 2. The van der Waals surface area contributed by atoms with E-state index in [1.54, 1.807) is 34.4 Å². The number of halogens is 1. The zero-order valence-corrected chi connectivity index (χ0v) is 15.4. The molecule has 1 amide bonds. The Balaban J connectivity index is 1.38. The number of carbonyl (C=O) groups excluding carboxylic acids is 1. The molecule has 0 aliphatic carbocycles. The highest BCUT2D eigenvalue weighted by molar-refractivity contribution is 6.09. The third-order valence-electron chi connectivity index (χ3n) is 5.31. The molecule has 0 unspecified atom stereocenters. The quantitative estimate of drug-likeness (QED) is 0.701. The van der Waals surface area contributed by atoms with Crippen LogP contribution in [0.2, 0.25) is 0 Å². The molecule has 5 heterocycles. The maximum atomic E-state index is 13.4. The normalized spacial score (nSPS) is 18.8. The lowest BCUT2D eigenvalue weighted by Crippen LogP contribution is -2.24. The summed E-state index contributed by atoms with van der Waals surface area (Å²) in [5.41, 5.74) is 3.91. The van der Waals surface area contributed by atoms with Gasteiger partial charge in [0.25, 0.3) is 5.91 Å². The topological polar surface area (TPSA) is 67.2 Å². The van der Waals surface area contributed by atoms with Gasteiger partial charge in [-0.15, -0.1) is 0 Å². The van der Waals surface area contributed by atoms with Gasteiger partial charge in [-0.3, -0.25) is 9.78 Å². The van der Waals surface area contributed by atoms with Crippen LogP contribution in [-0.2, 0) is 6.54 Å². The minimum Gasteiger partial charge on any atom is -0.354 e. The molecule has 0 saturated carbocycles. The Kier molecular flexibility index (Phi) is 3.85. The van der Waals surface area contributed by atoms with E-state index in [0.29, 0.717) is 31.6 Å². The van der Waals surface area contributed by atoms with Gasteiger partial charge < -0.3 is 9.80 Å². The molecule has 5 rings (SSSR count). The van der Waals surface area contributed by atoms with E-state index in [4.69, 9.17) is 0 Å². The van der Waals surface area contributed by atoms with Crippen molar-refractivity contribution >= 4 is 17.4 Å². The largest absolute Gasteiger partial charge is 0.354 e. The van der Waals surface area contributed by atoms with Crippen molar-refractivity contribution in [2.24, 2.45) is 0 Å². The Morgan fingerprint density at radius 1 is 1.21 bits per heavy atom. The van der Waals surface area contributed by atoms with E-state index in [0.717, 1.165) is 28.5 Å². The predicted molar refractivity (Wildman–Crippen MR) is 103 cm³/mol. The summed E-state index contributed by atoms with van der Waals surface area (Å²) in [5.74, 6) is 0.699. The number of pyridine rings is 2. The molecule has 0 N–H and O–H groups in total. The second kappa shape index (κ2) is 6.40. The van der Waals surface area contributed by atoms with Crippen LogP contribution in [0.25, 0.3) is 5.69 Å². The number of alkyl halides is 1. The second-order valence-corrected chi connectivity index (χ2v) is 7.19. The standard InChI is InChI=1S/C20H19FN6O/c1-13-8-22-6-4-18(13)26-12-17-16(20(26)28)11-27(24-17)15-2-3-19(23-9-15)25-7-5-14(21)10-25/h2-4,6,8-9,11,14H,5,7,10,12H2,1H3/t14-/m0/s1. The number of rotatable bonds is 3. The fourth-order valence-corrected chi connectivity index (χ4v) is 3.79. The first-order valence-corrected chi connectivity index (χ1v) is 9.26. The molecule has 8 heteroatoms. The van der Waals surface area contributed by atoms with Gasteiger partial charge in [0.15, 0.2) is 0 Å². The smallest absolute Gasteiger partial charge is 0.262 e. The van der Waals surface area contributed by atoms with Gasteiger partial charge in [0.1, 0.15) is 12.0 Å². The number of nitrogens with zero attached hydrogens (tertiary/aromatic N) is 6. The lowest BCUT2D eigenvalue weighted by Gasteiger charge is -2.18. The molecule has 2 aliphatic heterocycles. The van der Waals surface area contributed by atoms with Crippen molar-refractivity contribution in [3.63, 3.8) is 0 Å². The average molecular weight is 378 g/mol. The third-order valence-corrected chi connectivity index (χ3v) is 5.31. The second-order valence-electron chi connectivity index (χ2n) is 7.19. The monoisotopic (exact) mass is 378 g/mol. The molecular formula is C20H19FN6O. The van der Waals surface area contributed by atoms with Crippen molar-refractivity contribution in [3.8, 4) is 5.69 Å². The van der Waals surface area contributed by atoms with E-state index in [2.05, 4.69) is 15.1 Å². The number of aromatic nitrogens is 4. The summed E-state index contributed by atoms with van der Waals surface area (Å²) in [5, 5.41) is 4.58. The number of amides is 1. The maximum Gasteiger partial charge on any atom is 0.262 e. The summed E-state index contributed by atoms with van der Waals surface area (Å²) in [6.45, 7) is 3.44. The van der Waals surface area contributed by atoms with Crippen LogP contribution in [0.5, 0.6) is 0 Å². The molecule has 28 heavy (non-hydrogen) atoms. The van der Waals surface area contributed by atoms with Crippen LogP contribution in [-0.4, -0.2) is 44.9 Å². The van der Waals surface area contributed by atoms with E-state index < -0.39 is 6.17 Å². The van der Waals surface area contributed by atoms with Crippen molar-refractivity contribution in [2.75, 3.05) is 22.9 Å². The zero-order chi connectivity index (χ0) is 19.3. The Hall–Kier alpha value is -3.29. The highest BCUT2D eigenvalue weighted by Crippen LogP contribution is 2.30. The summed E-state index contributed by atoms with van der Waals surface area (Å²) in [6, 6.07) is 5.61. The molecule has 2 aliphatic rings. The van der Waals surface area contributed by atoms with Gasteiger partial charge in [-0.1, -0.05) is 0 Å². The first-order chi connectivity index (χ1) is 13.6. The zero-order valence-electron chi connectivity index (χ0n) is 15.4. The van der Waals surface area contributed by atoms with Gasteiger partial charge >= 0.3 is 0 Å². The molecule has 0 bridgehead atoms. The third kappa shape index (κ3) is 2.72. The highest BCUT2D eigenvalue weighted by Gasteiger charge is 2.32. The van der Waals surface area contributed by atoms with Crippen molar-refractivity contribution in [1.82, 2.24) is 19.7 Å². The van der Waals surface area contributed by atoms with Crippen LogP contribution < -0.4 is 9.80 Å². The molecular weight excluding hydrogens is 359 g/mol. The van der Waals surface area contributed by atoms with E-state index in [9.17, 15) is 9.18 Å². The van der Waals surface area contributed by atoms with E-state index >= 15 is 0 Å². The number of hydrogen-bond donors (Lipinski definition) is 0. The van der Waals surface area contributed by atoms with Crippen LogP contribution in [0.3, 0.4) is 0 Å². The molecule has 3 aromatic heterocycles. The minimum atomic E-state index is -0.784. The van der Waals surface area contributed by atoms with Gasteiger partial charge in [-0.25, -0.2) is 14.1 Å². The number of carbonyl (C=O) groups is 1. The Bertz CT molecular complexity index is 1050. The first kappa shape index (κ1) is 16.9. The van der Waals surface area contributed by atoms with Gasteiger partial charge in [-0.2, -0.15) is 5.10 Å². The van der Waals surface area contributed by atoms with Gasteiger partial charge in [0.2, 0.25) is 0 Å². The summed E-state index contributed by atoms with van der Waals surface area (Å²) in [6.07, 6.45) is 6.65. The van der Waals surface area contributed by atoms with Crippen molar-refractivity contribution in [2.45, 2.75) is 26.1 Å². The summed E-state index contributed by atoms with van der Waals surface area (Å²) < 4.78 is 15.1. The Morgan fingerprint density at radius 2 is 2.11 bits per heavy atom. The molecule has 0 aromatic carbocycles. The SMILES string of the molecule is Cc1cnccc1N1Cc2nn(-c3ccc(N4CC[C@H](F)C4)nc3)cc2C1=O. The van der Waals surface area contributed by atoms with E-state index in [-0.39, 0.29) is 5.91 Å². The van der Waals surface area contributed by atoms with Crippen LogP contribution in [0, 0.1) is 6.92 Å². The Morgan fingerprint density at radius 3 is 2.79 bits per heavy atom. The van der Waals surface area contributed by atoms with Crippen molar-refractivity contribution in [1.29, 1.82) is 0 Å². The van der Waals surface area contributed by atoms with Crippen LogP contribution >= 0.6 is 0 Å². The highest BCUT2D eigenvalue weighted by atomic mass is 19.1. The maximum absolute atomic E-state index is 13.4. The summed E-state index contributed by atoms with van der Waals surface area (Å²) in [7, 11) is 0. The molecule has 1 saturated heterocycles. The summed E-state index contributed by atoms with van der Waals surface area (Å²) >= 11 is 0. The van der Waals surface area contributed by atoms with Crippen molar-refractivity contribution < 1.29 is 9.18 Å². The van der Waals surface area contributed by atoms with Gasteiger partial charge in [-0.05, 0) is 37.1 Å². The molecule has 1 atom stereocenters. The molecule has 0 radical (unpaired) electrons.